The van der Waals surface area contributed by atoms with Crippen molar-refractivity contribution in [3.63, 3.8) is 0 Å². The number of pyridine rings is 1. The van der Waals surface area contributed by atoms with Crippen LogP contribution in [0.2, 0.25) is 0 Å². The third kappa shape index (κ3) is 5.45. The number of nitrogens with zero attached hydrogens (tertiary/aromatic N) is 1. The monoisotopic (exact) mass is 429 g/mol. The molecule has 1 aliphatic rings. The van der Waals surface area contributed by atoms with Gasteiger partial charge in [0.05, 0.1) is 17.1 Å². The first-order valence-corrected chi connectivity index (χ1v) is 10.5. The van der Waals surface area contributed by atoms with E-state index in [2.05, 4.69) is 5.32 Å². The Bertz CT molecular complexity index is 1070. The van der Waals surface area contributed by atoms with Gasteiger partial charge in [-0.2, -0.15) is 13.2 Å². The number of carbonyl (C=O) groups excluding carboxylic acids is 1. The number of hydrogen-bond donors (Lipinski definition) is 2. The first kappa shape index (κ1) is 21.1. The molecule has 0 bridgehead atoms. The molecule has 0 aliphatic carbocycles. The second-order valence-electron chi connectivity index (χ2n) is 6.71. The second kappa shape index (κ2) is 7.99. The molecule has 1 aliphatic heterocycles. The lowest BCUT2D eigenvalue weighted by Gasteiger charge is -2.26. The summed E-state index contributed by atoms with van der Waals surface area (Å²) in [6.07, 6.45) is -4.12. The zero-order valence-corrected chi connectivity index (χ0v) is 15.9. The Labute approximate surface area is 164 Å². The Morgan fingerprint density at radius 3 is 2.52 bits per heavy atom. The van der Waals surface area contributed by atoms with Gasteiger partial charge >= 0.3 is 6.18 Å². The summed E-state index contributed by atoms with van der Waals surface area (Å²) in [4.78, 5) is 28.1. The van der Waals surface area contributed by atoms with Crippen molar-refractivity contribution in [1.29, 1.82) is 0 Å². The summed E-state index contributed by atoms with van der Waals surface area (Å²) in [6.45, 7) is 1.21. The summed E-state index contributed by atoms with van der Waals surface area (Å²) < 4.78 is 61.4. The molecule has 1 amide bonds. The van der Waals surface area contributed by atoms with E-state index >= 15 is 0 Å². The van der Waals surface area contributed by atoms with Gasteiger partial charge < -0.3 is 10.3 Å². The largest absolute Gasteiger partial charge is 0.417 e. The molecule has 29 heavy (non-hydrogen) atoms. The summed E-state index contributed by atoms with van der Waals surface area (Å²) in [6, 6.07) is 6.98. The number of hydrogen-bond acceptors (Lipinski definition) is 5. The van der Waals surface area contributed by atoms with Crippen molar-refractivity contribution in [2.75, 3.05) is 29.9 Å². The van der Waals surface area contributed by atoms with E-state index in [1.807, 2.05) is 9.88 Å². The highest BCUT2D eigenvalue weighted by molar-refractivity contribution is 7.91. The molecule has 0 atom stereocenters. The summed E-state index contributed by atoms with van der Waals surface area (Å²) in [5.74, 6) is -0.574. The van der Waals surface area contributed by atoms with Crippen LogP contribution < -0.4 is 10.9 Å². The molecule has 156 valence electrons. The van der Waals surface area contributed by atoms with E-state index in [1.54, 1.807) is 18.2 Å². The number of aromatic amines is 1. The average molecular weight is 429 g/mol. The van der Waals surface area contributed by atoms with Gasteiger partial charge in [0, 0.05) is 31.4 Å². The Balaban J connectivity index is 1.72. The maximum absolute atomic E-state index is 12.8. The lowest BCUT2D eigenvalue weighted by Crippen LogP contribution is -2.39. The number of benzene rings is 1. The maximum atomic E-state index is 12.8. The minimum Gasteiger partial charge on any atom is -0.327 e. The Morgan fingerprint density at radius 1 is 1.17 bits per heavy atom. The van der Waals surface area contributed by atoms with Crippen LogP contribution in [0.1, 0.15) is 21.5 Å². The number of nitrogens with one attached hydrogen (secondary N) is 2. The lowest BCUT2D eigenvalue weighted by atomic mass is 10.1. The minimum atomic E-state index is -4.66. The van der Waals surface area contributed by atoms with Gasteiger partial charge in [0.1, 0.15) is 5.69 Å². The van der Waals surface area contributed by atoms with Crippen LogP contribution in [0.4, 0.5) is 18.9 Å². The molecule has 0 unspecified atom stereocenters. The SMILES string of the molecule is O=C(Nc1cc(C(F)(F)F)c[nH]c1=O)c1cccc(CN2CCS(=O)(=O)CC2)c1. The highest BCUT2D eigenvalue weighted by Crippen LogP contribution is 2.29. The van der Waals surface area contributed by atoms with E-state index in [4.69, 9.17) is 0 Å². The molecule has 1 aromatic heterocycles. The molecule has 0 spiro atoms. The fourth-order valence-electron chi connectivity index (χ4n) is 2.91. The van der Waals surface area contributed by atoms with Gasteiger partial charge in [0.2, 0.25) is 0 Å². The molecule has 0 radical (unpaired) electrons. The number of anilines is 1. The zero-order valence-electron chi connectivity index (χ0n) is 15.1. The molecule has 0 saturated carbocycles. The van der Waals surface area contributed by atoms with Crippen molar-refractivity contribution >= 4 is 21.4 Å². The van der Waals surface area contributed by atoms with E-state index in [9.17, 15) is 31.2 Å². The van der Waals surface area contributed by atoms with Crippen molar-refractivity contribution in [2.45, 2.75) is 12.7 Å². The summed E-state index contributed by atoms with van der Waals surface area (Å²) >= 11 is 0. The van der Waals surface area contributed by atoms with Gasteiger partial charge in [-0.15, -0.1) is 0 Å². The normalized spacial score (nSPS) is 17.1. The van der Waals surface area contributed by atoms with Crippen LogP contribution in [-0.4, -0.2) is 48.8 Å². The summed E-state index contributed by atoms with van der Waals surface area (Å²) in [5, 5.41) is 2.21. The number of aromatic nitrogens is 1. The van der Waals surface area contributed by atoms with E-state index in [0.29, 0.717) is 31.9 Å². The molecule has 2 N–H and O–H groups in total. The molecule has 11 heteroatoms. The van der Waals surface area contributed by atoms with Crippen LogP contribution in [0, 0.1) is 0 Å². The summed E-state index contributed by atoms with van der Waals surface area (Å²) in [7, 11) is -3.00. The van der Waals surface area contributed by atoms with Crippen molar-refractivity contribution in [3.05, 3.63) is 63.6 Å². The minimum absolute atomic E-state index is 0.0749. The molecule has 1 saturated heterocycles. The van der Waals surface area contributed by atoms with Gasteiger partial charge in [-0.3, -0.25) is 14.5 Å². The fraction of sp³-hybridized carbons (Fsp3) is 0.333. The van der Waals surface area contributed by atoms with Crippen molar-refractivity contribution < 1.29 is 26.4 Å². The van der Waals surface area contributed by atoms with Gasteiger partial charge in [0.25, 0.3) is 11.5 Å². The molecule has 2 heterocycles. The van der Waals surface area contributed by atoms with Crippen LogP contribution in [0.25, 0.3) is 0 Å². The fourth-order valence-corrected chi connectivity index (χ4v) is 4.19. The first-order chi connectivity index (χ1) is 13.5. The number of alkyl halides is 3. The standard InChI is InChI=1S/C18H18F3N3O4S/c19-18(20,21)14-9-15(17(26)22-10-14)23-16(25)13-3-1-2-12(8-13)11-24-4-6-29(27,28)7-5-24/h1-3,8-10H,4-7,11H2,(H,22,26)(H,23,25). The van der Waals surface area contributed by atoms with Crippen LogP contribution in [-0.2, 0) is 22.6 Å². The predicted molar refractivity (Wildman–Crippen MR) is 100 cm³/mol. The molecule has 2 aromatic rings. The number of halogens is 3. The quantitative estimate of drug-likeness (QED) is 0.773. The Morgan fingerprint density at radius 2 is 1.86 bits per heavy atom. The van der Waals surface area contributed by atoms with Crippen LogP contribution >= 0.6 is 0 Å². The molecule has 3 rings (SSSR count). The first-order valence-electron chi connectivity index (χ1n) is 8.66. The molecule has 1 fully saturated rings. The summed E-state index contributed by atoms with van der Waals surface area (Å²) in [5.41, 5.74) is -1.52. The molecular weight excluding hydrogens is 411 g/mol. The Hall–Kier alpha value is -2.66. The third-order valence-electron chi connectivity index (χ3n) is 4.51. The topological polar surface area (TPSA) is 99.3 Å². The Kier molecular flexibility index (Phi) is 5.80. The predicted octanol–water partition coefficient (Wildman–Crippen LogP) is 1.88. The number of carbonyl (C=O) groups is 1. The van der Waals surface area contributed by atoms with E-state index in [-0.39, 0.29) is 17.1 Å². The third-order valence-corrected chi connectivity index (χ3v) is 6.12. The number of H-pyrrole nitrogens is 1. The zero-order chi connectivity index (χ0) is 21.2. The molecule has 1 aromatic carbocycles. The van der Waals surface area contributed by atoms with Gasteiger partial charge in [0.15, 0.2) is 9.84 Å². The lowest BCUT2D eigenvalue weighted by molar-refractivity contribution is -0.137. The van der Waals surface area contributed by atoms with Gasteiger partial charge in [-0.05, 0) is 23.8 Å². The number of rotatable bonds is 4. The highest BCUT2D eigenvalue weighted by atomic mass is 32.2. The molecule has 7 nitrogen and oxygen atoms in total. The van der Waals surface area contributed by atoms with Crippen molar-refractivity contribution in [3.8, 4) is 0 Å². The number of sulfone groups is 1. The maximum Gasteiger partial charge on any atom is 0.417 e. The number of amides is 1. The highest BCUT2D eigenvalue weighted by Gasteiger charge is 2.31. The van der Waals surface area contributed by atoms with Gasteiger partial charge in [-0.25, -0.2) is 8.42 Å². The smallest absolute Gasteiger partial charge is 0.327 e. The van der Waals surface area contributed by atoms with Crippen LogP contribution in [0.15, 0.2) is 41.3 Å². The van der Waals surface area contributed by atoms with Crippen LogP contribution in [0.5, 0.6) is 0 Å². The van der Waals surface area contributed by atoms with Gasteiger partial charge in [-0.1, -0.05) is 12.1 Å². The van der Waals surface area contributed by atoms with E-state index in [0.717, 1.165) is 5.56 Å². The van der Waals surface area contributed by atoms with Crippen molar-refractivity contribution in [2.24, 2.45) is 0 Å². The van der Waals surface area contributed by atoms with E-state index in [1.165, 1.54) is 6.07 Å². The van der Waals surface area contributed by atoms with Crippen LogP contribution in [0.3, 0.4) is 0 Å². The van der Waals surface area contributed by atoms with Crippen molar-refractivity contribution in [1.82, 2.24) is 9.88 Å². The second-order valence-corrected chi connectivity index (χ2v) is 9.02. The molecular formula is C18H18F3N3O4S. The van der Waals surface area contributed by atoms with E-state index < -0.39 is 38.7 Å². The average Bonchev–Trinajstić information content (AvgIpc) is 2.64.